The maximum Gasteiger partial charge on any atom is 0.304 e. The molecule has 1 unspecified atom stereocenters. The third-order valence-electron chi connectivity index (χ3n) is 5.89. The molecular weight excluding hydrogens is 492 g/mol. The summed E-state index contributed by atoms with van der Waals surface area (Å²) in [6.07, 6.45) is -0.0345. The molecule has 2 N–H and O–H groups in total. The van der Waals surface area contributed by atoms with E-state index in [-0.39, 0.29) is 18.1 Å². The molecule has 1 aromatic heterocycles. The van der Waals surface area contributed by atoms with Crippen molar-refractivity contribution >= 4 is 38.5 Å². The number of hydrogen-bond donors (Lipinski definition) is 2. The maximum absolute atomic E-state index is 11.2. The number of carboxylic acid groups (broad SMARTS) is 1. The van der Waals surface area contributed by atoms with Crippen LogP contribution in [0.15, 0.2) is 66.0 Å². The van der Waals surface area contributed by atoms with Crippen LogP contribution in [-0.2, 0) is 28.2 Å². The second kappa shape index (κ2) is 11.5. The van der Waals surface area contributed by atoms with Gasteiger partial charge in [0.2, 0.25) is 0 Å². The Bertz CT molecular complexity index is 1480. The van der Waals surface area contributed by atoms with E-state index in [0.717, 1.165) is 38.8 Å². The van der Waals surface area contributed by atoms with E-state index in [2.05, 4.69) is 35.4 Å². The molecule has 7 heteroatoms. The number of hydrogen-bond acceptors (Lipinski definition) is 4. The van der Waals surface area contributed by atoms with Crippen LogP contribution in [0.4, 0.5) is 0 Å². The number of aryl methyl sites for hydroxylation is 1. The van der Waals surface area contributed by atoms with Gasteiger partial charge in [-0.05, 0) is 71.3 Å². The molecule has 0 fully saturated rings. The van der Waals surface area contributed by atoms with Crippen LogP contribution in [-0.4, -0.2) is 19.8 Å². The zero-order valence-electron chi connectivity index (χ0n) is 20.0. The van der Waals surface area contributed by atoms with Crippen molar-refractivity contribution in [3.8, 4) is 28.7 Å². The van der Waals surface area contributed by atoms with E-state index in [0.29, 0.717) is 12.4 Å². The van der Waals surface area contributed by atoms with E-state index in [1.54, 1.807) is 18.3 Å². The summed E-state index contributed by atoms with van der Waals surface area (Å²) in [6.45, 7) is 4.13. The Labute approximate surface area is 217 Å². The maximum atomic E-state index is 11.2. The van der Waals surface area contributed by atoms with Crippen molar-refractivity contribution < 1.29 is 23.4 Å². The van der Waals surface area contributed by atoms with E-state index >= 15 is 0 Å². The molecule has 36 heavy (non-hydrogen) atoms. The molecule has 2 atom stereocenters. The third kappa shape index (κ3) is 6.21. The third-order valence-corrected chi connectivity index (χ3v) is 7.44. The second-order valence-electron chi connectivity index (χ2n) is 8.50. The highest BCUT2D eigenvalue weighted by molar-refractivity contribution is 7.78. The fourth-order valence-electron chi connectivity index (χ4n) is 4.20. The van der Waals surface area contributed by atoms with Crippen molar-refractivity contribution in [1.82, 2.24) is 0 Å². The molecule has 0 bridgehead atoms. The number of carboxylic acids is 1. The summed E-state index contributed by atoms with van der Waals surface area (Å²) in [5.41, 5.74) is 6.04. The minimum absolute atomic E-state index is 0.0345. The summed E-state index contributed by atoms with van der Waals surface area (Å²) in [6, 6.07) is 19.6. The van der Waals surface area contributed by atoms with E-state index in [1.807, 2.05) is 49.4 Å². The van der Waals surface area contributed by atoms with E-state index in [1.165, 1.54) is 4.70 Å². The van der Waals surface area contributed by atoms with Gasteiger partial charge in [0.25, 0.3) is 0 Å². The number of benzene rings is 3. The number of thiophene rings is 1. The topological polar surface area (TPSA) is 83.8 Å². The van der Waals surface area contributed by atoms with Crippen molar-refractivity contribution in [2.75, 3.05) is 0 Å². The molecule has 0 aliphatic rings. The van der Waals surface area contributed by atoms with E-state index in [4.69, 9.17) is 9.84 Å². The average molecular weight is 519 g/mol. The average Bonchev–Trinajstić information content (AvgIpc) is 3.25. The quantitative estimate of drug-likeness (QED) is 0.189. The molecule has 184 valence electrons. The molecule has 0 saturated heterocycles. The lowest BCUT2D eigenvalue weighted by molar-refractivity contribution is -0.137. The summed E-state index contributed by atoms with van der Waals surface area (Å²) in [5.74, 6) is 5.38. The monoisotopic (exact) mass is 518 g/mol. The largest absolute Gasteiger partial charge is 0.489 e. The first kappa shape index (κ1) is 25.6. The summed E-state index contributed by atoms with van der Waals surface area (Å²) >= 11 is -0.175. The molecule has 0 saturated carbocycles. The van der Waals surface area contributed by atoms with E-state index < -0.39 is 17.0 Å². The summed E-state index contributed by atoms with van der Waals surface area (Å²) in [5, 5.41) is 12.4. The zero-order valence-corrected chi connectivity index (χ0v) is 21.6. The van der Waals surface area contributed by atoms with Crippen LogP contribution in [0.25, 0.3) is 21.2 Å². The van der Waals surface area contributed by atoms with Gasteiger partial charge in [-0.2, -0.15) is 0 Å². The molecule has 4 aromatic rings. The summed E-state index contributed by atoms with van der Waals surface area (Å²) in [4.78, 5) is 11.1. The lowest BCUT2D eigenvalue weighted by Crippen LogP contribution is -2.04. The van der Waals surface area contributed by atoms with Crippen LogP contribution in [0.2, 0.25) is 0 Å². The molecular formula is C29H26O5S2. The van der Waals surface area contributed by atoms with Crippen LogP contribution in [0.1, 0.15) is 41.5 Å². The Morgan fingerprint density at radius 1 is 1.06 bits per heavy atom. The van der Waals surface area contributed by atoms with Crippen LogP contribution >= 0.6 is 11.3 Å². The van der Waals surface area contributed by atoms with Gasteiger partial charge in [0.05, 0.1) is 18.1 Å². The van der Waals surface area contributed by atoms with Gasteiger partial charge in [-0.3, -0.25) is 4.79 Å². The fourth-order valence-corrected chi connectivity index (χ4v) is 5.60. The second-order valence-corrected chi connectivity index (χ2v) is 10.3. The van der Waals surface area contributed by atoms with Crippen molar-refractivity contribution in [1.29, 1.82) is 0 Å². The van der Waals surface area contributed by atoms with Crippen molar-refractivity contribution in [2.45, 2.75) is 38.5 Å². The normalized spacial score (nSPS) is 12.5. The Morgan fingerprint density at radius 2 is 1.81 bits per heavy atom. The van der Waals surface area contributed by atoms with E-state index in [9.17, 15) is 13.6 Å². The predicted molar refractivity (Wildman–Crippen MR) is 146 cm³/mol. The number of rotatable bonds is 9. The Balaban J connectivity index is 1.51. The first-order valence-electron chi connectivity index (χ1n) is 11.4. The van der Waals surface area contributed by atoms with Crippen LogP contribution in [0.3, 0.4) is 0 Å². The summed E-state index contributed by atoms with van der Waals surface area (Å²) in [7, 11) is 0. The number of carbonyl (C=O) groups is 1. The Morgan fingerprint density at radius 3 is 2.47 bits per heavy atom. The van der Waals surface area contributed by atoms with Crippen molar-refractivity contribution in [3.63, 3.8) is 0 Å². The zero-order chi connectivity index (χ0) is 25.7. The van der Waals surface area contributed by atoms with Crippen LogP contribution in [0, 0.1) is 18.8 Å². The molecule has 0 spiro atoms. The van der Waals surface area contributed by atoms with Gasteiger partial charge in [-0.1, -0.05) is 42.3 Å². The molecule has 4 rings (SSSR count). The molecule has 0 radical (unpaired) electrons. The molecule has 0 amide bonds. The highest BCUT2D eigenvalue weighted by Crippen LogP contribution is 2.36. The minimum Gasteiger partial charge on any atom is -0.489 e. The molecule has 3 aromatic carbocycles. The molecule has 5 nitrogen and oxygen atoms in total. The van der Waals surface area contributed by atoms with Crippen molar-refractivity contribution in [2.24, 2.45) is 0 Å². The van der Waals surface area contributed by atoms with Gasteiger partial charge < -0.3 is 14.4 Å². The van der Waals surface area contributed by atoms with Crippen molar-refractivity contribution in [3.05, 3.63) is 88.3 Å². The molecule has 1 heterocycles. The molecule has 0 aliphatic heterocycles. The minimum atomic E-state index is -1.86. The highest BCUT2D eigenvalue weighted by atomic mass is 32.2. The van der Waals surface area contributed by atoms with Crippen LogP contribution < -0.4 is 4.74 Å². The SMILES string of the molecule is CC#C[C@@H](CC(=O)O)c1ccc(OCc2ccc3scc(-c4ccc(CS(=O)O)cc4C)c3c2)cc1. The highest BCUT2D eigenvalue weighted by Gasteiger charge is 2.14. The first-order valence-corrected chi connectivity index (χ1v) is 13.5. The fraction of sp³-hybridized carbons (Fsp3) is 0.207. The lowest BCUT2D eigenvalue weighted by Gasteiger charge is -2.11. The predicted octanol–water partition coefficient (Wildman–Crippen LogP) is 6.76. The smallest absolute Gasteiger partial charge is 0.304 e. The van der Waals surface area contributed by atoms with Crippen LogP contribution in [0.5, 0.6) is 5.75 Å². The summed E-state index contributed by atoms with van der Waals surface area (Å²) < 4.78 is 27.5. The Hall–Kier alpha value is -3.44. The number of fused-ring (bicyclic) bond motifs is 1. The number of aliphatic carboxylic acids is 1. The van der Waals surface area contributed by atoms with Gasteiger partial charge in [-0.25, -0.2) is 4.21 Å². The number of ether oxygens (including phenoxy) is 1. The standard InChI is InChI=1S/C29H26O5S2/c1-3-4-23(15-29(30)31)22-7-9-24(10-8-22)34-16-20-6-12-28-26(14-20)27(17-35-28)25-11-5-21(13-19(25)2)18-36(32)33/h5-14,17,23H,15-16,18H2,1-2H3,(H,30,31)(H,32,33)/t23-/m0/s1. The molecule has 0 aliphatic carbocycles. The van der Waals surface area contributed by atoms with Gasteiger partial charge >= 0.3 is 5.97 Å². The van der Waals surface area contributed by atoms with Gasteiger partial charge in [-0.15, -0.1) is 17.3 Å². The van der Waals surface area contributed by atoms with Gasteiger partial charge in [0.15, 0.2) is 11.1 Å². The van der Waals surface area contributed by atoms with Gasteiger partial charge in [0.1, 0.15) is 12.4 Å². The van der Waals surface area contributed by atoms with Gasteiger partial charge in [0, 0.05) is 15.6 Å². The Kier molecular flexibility index (Phi) is 8.21. The first-order chi connectivity index (χ1) is 17.3. The lowest BCUT2D eigenvalue weighted by atomic mass is 9.96.